The van der Waals surface area contributed by atoms with Crippen LogP contribution in [0.2, 0.25) is 0 Å². The lowest BCUT2D eigenvalue weighted by Crippen LogP contribution is -2.39. The molecular formula is C11H20O3. The van der Waals surface area contributed by atoms with E-state index in [2.05, 4.69) is 20.8 Å². The van der Waals surface area contributed by atoms with E-state index in [-0.39, 0.29) is 5.41 Å². The van der Waals surface area contributed by atoms with Crippen molar-refractivity contribution in [2.45, 2.75) is 40.0 Å². The van der Waals surface area contributed by atoms with E-state index in [0.29, 0.717) is 19.1 Å². The Balaban J connectivity index is 2.45. The molecule has 0 aromatic carbocycles. The third-order valence-corrected chi connectivity index (χ3v) is 2.99. The van der Waals surface area contributed by atoms with Crippen molar-refractivity contribution < 1.29 is 14.3 Å². The zero-order valence-corrected chi connectivity index (χ0v) is 9.34. The quantitative estimate of drug-likeness (QED) is 0.654. The second-order valence-electron chi connectivity index (χ2n) is 4.61. The molecule has 14 heavy (non-hydrogen) atoms. The maximum atomic E-state index is 10.8. The minimum atomic E-state index is -0.515. The maximum absolute atomic E-state index is 10.8. The Morgan fingerprint density at radius 3 is 2.36 bits per heavy atom. The molecule has 1 aliphatic rings. The van der Waals surface area contributed by atoms with Crippen molar-refractivity contribution in [3.63, 3.8) is 0 Å². The van der Waals surface area contributed by atoms with E-state index in [1.165, 1.54) is 0 Å². The van der Waals surface area contributed by atoms with Crippen LogP contribution in [0, 0.1) is 11.3 Å². The fraction of sp³-hybridized carbons (Fsp3) is 0.909. The van der Waals surface area contributed by atoms with Gasteiger partial charge in [-0.2, -0.15) is 0 Å². The maximum Gasteiger partial charge on any atom is 0.508 e. The summed E-state index contributed by atoms with van der Waals surface area (Å²) in [5, 5.41) is 0. The zero-order valence-electron chi connectivity index (χ0n) is 9.34. The molecule has 0 aliphatic carbocycles. The molecular weight excluding hydrogens is 180 g/mol. The second-order valence-corrected chi connectivity index (χ2v) is 4.61. The molecule has 0 unspecified atom stereocenters. The van der Waals surface area contributed by atoms with E-state index in [1.807, 2.05) is 0 Å². The first-order chi connectivity index (χ1) is 6.58. The Bertz CT molecular complexity index is 189. The van der Waals surface area contributed by atoms with Gasteiger partial charge in [-0.3, -0.25) is 0 Å². The van der Waals surface area contributed by atoms with Gasteiger partial charge >= 0.3 is 6.16 Å². The standard InChI is InChI=1S/C11H20O3/c1-4-11(6-5-9(2)3)7-13-10(12)14-8-11/h9H,4-8H2,1-3H3. The zero-order chi connectivity index (χ0) is 10.6. The topological polar surface area (TPSA) is 35.5 Å². The first-order valence-corrected chi connectivity index (χ1v) is 5.37. The molecule has 0 aromatic heterocycles. The van der Waals surface area contributed by atoms with Gasteiger partial charge in [0.1, 0.15) is 13.2 Å². The fourth-order valence-electron chi connectivity index (χ4n) is 1.63. The molecule has 1 rings (SSSR count). The van der Waals surface area contributed by atoms with E-state index in [1.54, 1.807) is 0 Å². The van der Waals surface area contributed by atoms with Crippen molar-refractivity contribution in [1.29, 1.82) is 0 Å². The highest BCUT2D eigenvalue weighted by Crippen LogP contribution is 2.33. The highest BCUT2D eigenvalue weighted by Gasteiger charge is 2.35. The molecule has 1 fully saturated rings. The molecule has 1 saturated heterocycles. The third-order valence-electron chi connectivity index (χ3n) is 2.99. The molecule has 0 aromatic rings. The molecule has 0 saturated carbocycles. The Kier molecular flexibility index (Phi) is 3.78. The second kappa shape index (κ2) is 4.67. The van der Waals surface area contributed by atoms with Crippen LogP contribution in [0.15, 0.2) is 0 Å². The summed E-state index contributed by atoms with van der Waals surface area (Å²) in [6.07, 6.45) is 2.73. The van der Waals surface area contributed by atoms with Gasteiger partial charge in [-0.05, 0) is 18.8 Å². The van der Waals surface area contributed by atoms with Gasteiger partial charge in [0.15, 0.2) is 0 Å². The Morgan fingerprint density at radius 1 is 1.36 bits per heavy atom. The molecule has 1 aliphatic heterocycles. The Labute approximate surface area is 85.8 Å². The molecule has 3 heteroatoms. The number of hydrogen-bond donors (Lipinski definition) is 0. The van der Waals surface area contributed by atoms with Crippen molar-refractivity contribution in [3.8, 4) is 0 Å². The summed E-state index contributed by atoms with van der Waals surface area (Å²) in [7, 11) is 0. The van der Waals surface area contributed by atoms with Gasteiger partial charge in [0.05, 0.1) is 0 Å². The highest BCUT2D eigenvalue weighted by molar-refractivity contribution is 5.60. The average molecular weight is 200 g/mol. The lowest BCUT2D eigenvalue weighted by molar-refractivity contribution is -0.0665. The highest BCUT2D eigenvalue weighted by atomic mass is 16.7. The SMILES string of the molecule is CCC1(CCC(C)C)COC(=O)OC1. The average Bonchev–Trinajstić information content (AvgIpc) is 2.18. The van der Waals surface area contributed by atoms with Crippen LogP contribution in [-0.2, 0) is 9.47 Å². The van der Waals surface area contributed by atoms with Crippen LogP contribution in [-0.4, -0.2) is 19.4 Å². The van der Waals surface area contributed by atoms with Gasteiger partial charge in [0.25, 0.3) is 0 Å². The van der Waals surface area contributed by atoms with Gasteiger partial charge in [-0.15, -0.1) is 0 Å². The van der Waals surface area contributed by atoms with Crippen molar-refractivity contribution in [3.05, 3.63) is 0 Å². The predicted molar refractivity (Wildman–Crippen MR) is 54.1 cm³/mol. The lowest BCUT2D eigenvalue weighted by Gasteiger charge is -2.35. The largest absolute Gasteiger partial charge is 0.508 e. The number of carbonyl (C=O) groups is 1. The van der Waals surface area contributed by atoms with Crippen LogP contribution in [0.4, 0.5) is 4.79 Å². The van der Waals surface area contributed by atoms with E-state index in [9.17, 15) is 4.79 Å². The number of hydrogen-bond acceptors (Lipinski definition) is 3. The van der Waals surface area contributed by atoms with Crippen LogP contribution in [0.25, 0.3) is 0 Å². The molecule has 0 N–H and O–H groups in total. The minimum Gasteiger partial charge on any atom is -0.434 e. The van der Waals surface area contributed by atoms with Crippen LogP contribution < -0.4 is 0 Å². The van der Waals surface area contributed by atoms with Crippen LogP contribution >= 0.6 is 0 Å². The summed E-state index contributed by atoms with van der Waals surface area (Å²) >= 11 is 0. The van der Waals surface area contributed by atoms with Crippen molar-refractivity contribution in [1.82, 2.24) is 0 Å². The van der Waals surface area contributed by atoms with E-state index in [0.717, 1.165) is 19.3 Å². The molecule has 1 heterocycles. The molecule has 3 nitrogen and oxygen atoms in total. The minimum absolute atomic E-state index is 0.0676. The first-order valence-electron chi connectivity index (χ1n) is 5.37. The first kappa shape index (κ1) is 11.3. The fourth-order valence-corrected chi connectivity index (χ4v) is 1.63. The molecule has 0 amide bonds. The molecule has 0 atom stereocenters. The van der Waals surface area contributed by atoms with E-state index >= 15 is 0 Å². The number of ether oxygens (including phenoxy) is 2. The van der Waals surface area contributed by atoms with Crippen LogP contribution in [0.5, 0.6) is 0 Å². The normalized spacial score (nSPS) is 20.4. The van der Waals surface area contributed by atoms with Crippen LogP contribution in [0.3, 0.4) is 0 Å². The van der Waals surface area contributed by atoms with E-state index < -0.39 is 6.16 Å². The van der Waals surface area contributed by atoms with Crippen molar-refractivity contribution in [2.24, 2.45) is 11.3 Å². The Hall–Kier alpha value is -0.730. The lowest BCUT2D eigenvalue weighted by atomic mass is 9.80. The summed E-state index contributed by atoms with van der Waals surface area (Å²) in [5.74, 6) is 0.691. The number of cyclic esters (lactones) is 2. The van der Waals surface area contributed by atoms with Gasteiger partial charge in [0.2, 0.25) is 0 Å². The number of rotatable bonds is 4. The van der Waals surface area contributed by atoms with Crippen LogP contribution in [0.1, 0.15) is 40.0 Å². The summed E-state index contributed by atoms with van der Waals surface area (Å²) in [6.45, 7) is 7.59. The molecule has 0 radical (unpaired) electrons. The molecule has 82 valence electrons. The van der Waals surface area contributed by atoms with Gasteiger partial charge < -0.3 is 9.47 Å². The summed E-state index contributed by atoms with van der Waals surface area (Å²) in [5.41, 5.74) is 0.0676. The van der Waals surface area contributed by atoms with E-state index in [4.69, 9.17) is 9.47 Å². The third kappa shape index (κ3) is 2.89. The van der Waals surface area contributed by atoms with Crippen molar-refractivity contribution >= 4 is 6.16 Å². The smallest absolute Gasteiger partial charge is 0.434 e. The summed E-state index contributed by atoms with van der Waals surface area (Å²) < 4.78 is 9.91. The predicted octanol–water partition coefficient (Wildman–Crippen LogP) is 2.99. The van der Waals surface area contributed by atoms with Crippen molar-refractivity contribution in [2.75, 3.05) is 13.2 Å². The summed E-state index contributed by atoms with van der Waals surface area (Å²) in [4.78, 5) is 10.8. The van der Waals surface area contributed by atoms with Gasteiger partial charge in [-0.25, -0.2) is 4.79 Å². The number of carbonyl (C=O) groups excluding carboxylic acids is 1. The molecule has 0 spiro atoms. The monoisotopic (exact) mass is 200 g/mol. The summed E-state index contributed by atoms with van der Waals surface area (Å²) in [6, 6.07) is 0. The Morgan fingerprint density at radius 2 is 1.93 bits per heavy atom. The van der Waals surface area contributed by atoms with Gasteiger partial charge in [-0.1, -0.05) is 27.2 Å². The molecule has 0 bridgehead atoms. The van der Waals surface area contributed by atoms with Gasteiger partial charge in [0, 0.05) is 5.41 Å².